The first kappa shape index (κ1) is 21.3. The number of imidazole rings is 1. The number of hydrogen-bond acceptors (Lipinski definition) is 4. The summed E-state index contributed by atoms with van der Waals surface area (Å²) in [6.45, 7) is 6.17. The number of carbonyl (C=O) groups excluding carboxylic acids is 2. The molecule has 0 unspecified atom stereocenters. The summed E-state index contributed by atoms with van der Waals surface area (Å²) in [6, 6.07) is 7.46. The molecule has 0 bridgehead atoms. The molecule has 2 atom stereocenters. The van der Waals surface area contributed by atoms with Gasteiger partial charge in [-0.3, -0.25) is 14.8 Å². The number of H-pyrrole nitrogens is 1. The second-order valence-corrected chi connectivity index (χ2v) is 9.26. The van der Waals surface area contributed by atoms with Crippen molar-refractivity contribution >= 4 is 23.4 Å². The lowest BCUT2D eigenvalue weighted by atomic mass is 9.85. The second kappa shape index (κ2) is 8.95. The monoisotopic (exact) mass is 400 g/mol. The number of benzene rings is 1. The number of aromatic nitrogens is 2. The van der Waals surface area contributed by atoms with Crippen LogP contribution in [0.25, 0.3) is 11.0 Å². The number of carbonyl (C=O) groups is 2. The van der Waals surface area contributed by atoms with E-state index in [0.717, 1.165) is 23.9 Å². The summed E-state index contributed by atoms with van der Waals surface area (Å²) in [6.07, 6.45) is 5.59. The van der Waals surface area contributed by atoms with Gasteiger partial charge in [-0.15, -0.1) is 0 Å². The minimum atomic E-state index is -0.456. The van der Waals surface area contributed by atoms with Crippen LogP contribution in [0.3, 0.4) is 0 Å². The molecule has 2 aromatic rings. The lowest BCUT2D eigenvalue weighted by Crippen LogP contribution is -2.43. The average molecular weight is 401 g/mol. The van der Waals surface area contributed by atoms with Crippen LogP contribution in [0.1, 0.15) is 64.7 Å². The number of fused-ring (bicyclic) bond motifs is 1. The lowest BCUT2D eigenvalue weighted by Gasteiger charge is -2.32. The van der Waals surface area contributed by atoms with Gasteiger partial charge in [0.05, 0.1) is 29.5 Å². The summed E-state index contributed by atoms with van der Waals surface area (Å²) in [7, 11) is 0. The highest BCUT2D eigenvalue weighted by Crippen LogP contribution is 2.34. The number of hydroxylamine groups is 2. The van der Waals surface area contributed by atoms with Gasteiger partial charge in [0.15, 0.2) is 0 Å². The van der Waals surface area contributed by atoms with Crippen LogP contribution in [0.5, 0.6) is 0 Å². The van der Waals surface area contributed by atoms with Crippen LogP contribution >= 0.6 is 0 Å². The third-order valence-electron chi connectivity index (χ3n) is 5.83. The maximum atomic E-state index is 13.2. The Hall–Kier alpha value is -2.41. The van der Waals surface area contributed by atoms with Crippen LogP contribution < -0.4 is 5.32 Å². The van der Waals surface area contributed by atoms with Gasteiger partial charge in [0.25, 0.3) is 0 Å². The Morgan fingerprint density at radius 1 is 1.34 bits per heavy atom. The number of hydrogen-bond donors (Lipinski definition) is 3. The molecule has 2 amide bonds. The molecule has 1 aliphatic rings. The minimum absolute atomic E-state index is 0.00280. The van der Waals surface area contributed by atoms with E-state index in [4.69, 9.17) is 0 Å². The van der Waals surface area contributed by atoms with Crippen molar-refractivity contribution in [2.75, 3.05) is 6.54 Å². The Kier molecular flexibility index (Phi) is 6.57. The zero-order valence-electron chi connectivity index (χ0n) is 17.5. The van der Waals surface area contributed by atoms with Crippen molar-refractivity contribution in [3.63, 3.8) is 0 Å². The van der Waals surface area contributed by atoms with Crippen molar-refractivity contribution in [3.8, 4) is 0 Å². The maximum Gasteiger partial charge on any atom is 0.233 e. The Balaban J connectivity index is 1.81. The van der Waals surface area contributed by atoms with E-state index in [9.17, 15) is 14.8 Å². The minimum Gasteiger partial charge on any atom is -0.345 e. The first-order valence-electron chi connectivity index (χ1n) is 10.4. The molecule has 1 aromatic heterocycles. The number of aromatic amines is 1. The van der Waals surface area contributed by atoms with Gasteiger partial charge in [-0.2, -0.15) is 0 Å². The van der Waals surface area contributed by atoms with Gasteiger partial charge in [0.1, 0.15) is 5.82 Å². The molecule has 158 valence electrons. The number of nitrogens with one attached hydrogen (secondary N) is 2. The maximum absolute atomic E-state index is 13.2. The van der Waals surface area contributed by atoms with Crippen LogP contribution in [0.4, 0.5) is 0 Å². The standard InChI is InChI=1S/C22H32N4O3/c1-22(2,3)19(20-23-17-10-6-7-11-18(17)24-20)25-21(28)16(13-26(29)14-27)12-15-8-4-5-9-15/h6-7,10-11,14-16,19,29H,4-5,8-9,12-13H2,1-3H3,(H,23,24)(H,25,28)/t16-,19-/m1/s1. The van der Waals surface area contributed by atoms with Crippen LogP contribution in [-0.4, -0.2) is 39.1 Å². The number of rotatable bonds is 8. The molecule has 0 aliphatic heterocycles. The molecule has 0 spiro atoms. The number of para-hydroxylation sites is 2. The molecule has 29 heavy (non-hydrogen) atoms. The molecular formula is C22H32N4O3. The van der Waals surface area contributed by atoms with Crippen molar-refractivity contribution in [1.29, 1.82) is 0 Å². The van der Waals surface area contributed by atoms with Gasteiger partial charge in [-0.05, 0) is 29.9 Å². The van der Waals surface area contributed by atoms with E-state index in [1.165, 1.54) is 12.8 Å². The zero-order chi connectivity index (χ0) is 21.0. The molecule has 1 fully saturated rings. The normalized spacial score (nSPS) is 17.2. The van der Waals surface area contributed by atoms with Crippen LogP contribution in [0, 0.1) is 17.3 Å². The summed E-state index contributed by atoms with van der Waals surface area (Å²) < 4.78 is 0. The van der Waals surface area contributed by atoms with E-state index in [2.05, 4.69) is 36.1 Å². The number of amides is 2. The molecule has 7 heteroatoms. The summed E-state index contributed by atoms with van der Waals surface area (Å²) in [5.74, 6) is 0.564. The Labute approximate surface area is 171 Å². The van der Waals surface area contributed by atoms with Crippen molar-refractivity contribution < 1.29 is 14.8 Å². The Morgan fingerprint density at radius 2 is 2.03 bits per heavy atom. The topological polar surface area (TPSA) is 98.3 Å². The quantitative estimate of drug-likeness (QED) is 0.356. The first-order valence-corrected chi connectivity index (χ1v) is 10.4. The molecule has 0 radical (unpaired) electrons. The molecule has 1 aromatic carbocycles. The van der Waals surface area contributed by atoms with Crippen LogP contribution in [0.15, 0.2) is 24.3 Å². The van der Waals surface area contributed by atoms with E-state index in [0.29, 0.717) is 29.6 Å². The number of nitrogens with zero attached hydrogens (tertiary/aromatic N) is 2. The van der Waals surface area contributed by atoms with E-state index in [1.54, 1.807) is 0 Å². The molecular weight excluding hydrogens is 368 g/mol. The molecule has 7 nitrogen and oxygen atoms in total. The van der Waals surface area contributed by atoms with Gasteiger partial charge < -0.3 is 10.3 Å². The van der Waals surface area contributed by atoms with Crippen LogP contribution in [0.2, 0.25) is 0 Å². The second-order valence-electron chi connectivity index (χ2n) is 9.26. The fourth-order valence-electron chi connectivity index (χ4n) is 4.25. The summed E-state index contributed by atoms with van der Waals surface area (Å²) in [4.78, 5) is 32.2. The van der Waals surface area contributed by atoms with E-state index < -0.39 is 5.92 Å². The van der Waals surface area contributed by atoms with E-state index in [1.807, 2.05) is 24.3 Å². The zero-order valence-corrected chi connectivity index (χ0v) is 17.5. The fourth-order valence-corrected chi connectivity index (χ4v) is 4.25. The molecule has 1 saturated carbocycles. The van der Waals surface area contributed by atoms with Crippen molar-refractivity contribution in [2.24, 2.45) is 17.3 Å². The third-order valence-corrected chi connectivity index (χ3v) is 5.83. The van der Waals surface area contributed by atoms with Gasteiger partial charge in [-0.1, -0.05) is 58.6 Å². The predicted octanol–water partition coefficient (Wildman–Crippen LogP) is 3.81. The summed E-state index contributed by atoms with van der Waals surface area (Å²) >= 11 is 0. The summed E-state index contributed by atoms with van der Waals surface area (Å²) in [5.41, 5.74) is 1.51. The molecule has 1 heterocycles. The van der Waals surface area contributed by atoms with Gasteiger partial charge in [-0.25, -0.2) is 10.0 Å². The van der Waals surface area contributed by atoms with Crippen molar-refractivity contribution in [3.05, 3.63) is 30.1 Å². The molecule has 0 saturated heterocycles. The first-order chi connectivity index (χ1) is 13.8. The average Bonchev–Trinajstić information content (AvgIpc) is 3.33. The molecule has 1 aliphatic carbocycles. The highest BCUT2D eigenvalue weighted by atomic mass is 16.5. The highest BCUT2D eigenvalue weighted by Gasteiger charge is 2.34. The third kappa shape index (κ3) is 5.35. The molecule has 3 N–H and O–H groups in total. The van der Waals surface area contributed by atoms with Gasteiger partial charge >= 0.3 is 0 Å². The van der Waals surface area contributed by atoms with Crippen molar-refractivity contribution in [1.82, 2.24) is 20.3 Å². The highest BCUT2D eigenvalue weighted by molar-refractivity contribution is 5.80. The predicted molar refractivity (Wildman–Crippen MR) is 111 cm³/mol. The lowest BCUT2D eigenvalue weighted by molar-refractivity contribution is -0.155. The van der Waals surface area contributed by atoms with E-state index in [-0.39, 0.29) is 23.9 Å². The van der Waals surface area contributed by atoms with Crippen molar-refractivity contribution in [2.45, 2.75) is 58.9 Å². The summed E-state index contributed by atoms with van der Waals surface area (Å²) in [5, 5.41) is 13.5. The Morgan fingerprint density at radius 3 is 2.66 bits per heavy atom. The van der Waals surface area contributed by atoms with Crippen LogP contribution in [-0.2, 0) is 9.59 Å². The SMILES string of the molecule is CC(C)(C)[C@H](NC(=O)[C@H](CC1CCCC1)CN(O)C=O)c1nc2ccccc2[nH]1. The van der Waals surface area contributed by atoms with Gasteiger partial charge in [0, 0.05) is 0 Å². The van der Waals surface area contributed by atoms with Gasteiger partial charge in [0.2, 0.25) is 12.3 Å². The fraction of sp³-hybridized carbons (Fsp3) is 0.591. The smallest absolute Gasteiger partial charge is 0.233 e. The van der Waals surface area contributed by atoms with E-state index >= 15 is 0 Å². The molecule has 3 rings (SSSR count). The Bertz CT molecular complexity index is 803. The largest absolute Gasteiger partial charge is 0.345 e.